The van der Waals surface area contributed by atoms with Gasteiger partial charge in [0.15, 0.2) is 5.69 Å². The number of aromatic nitrogens is 3. The number of ether oxygens (including phenoxy) is 2. The molecule has 3 rings (SSSR count). The molecule has 7 nitrogen and oxygen atoms in total. The minimum atomic E-state index is -0.296. The van der Waals surface area contributed by atoms with Crippen LogP contribution in [0.4, 0.5) is 0 Å². The molecule has 1 heterocycles. The van der Waals surface area contributed by atoms with Gasteiger partial charge in [-0.1, -0.05) is 21.1 Å². The van der Waals surface area contributed by atoms with Gasteiger partial charge in [0.25, 0.3) is 5.91 Å². The van der Waals surface area contributed by atoms with Crippen LogP contribution in [-0.4, -0.2) is 35.1 Å². The van der Waals surface area contributed by atoms with Crippen molar-refractivity contribution in [3.05, 3.63) is 63.4 Å². The summed E-state index contributed by atoms with van der Waals surface area (Å²) < 4.78 is 13.2. The average molecular weight is 445 g/mol. The van der Waals surface area contributed by atoms with Gasteiger partial charge in [0, 0.05) is 22.6 Å². The van der Waals surface area contributed by atoms with Gasteiger partial charge < -0.3 is 14.8 Å². The Morgan fingerprint density at radius 3 is 2.61 bits per heavy atom. The summed E-state index contributed by atoms with van der Waals surface area (Å²) in [5.74, 6) is 1.04. The topological polar surface area (TPSA) is 78.3 Å². The zero-order valence-electron chi connectivity index (χ0n) is 16.1. The van der Waals surface area contributed by atoms with E-state index in [2.05, 4.69) is 31.6 Å². The summed E-state index contributed by atoms with van der Waals surface area (Å²) in [5, 5.41) is 11.1. The Hall–Kier alpha value is -2.87. The van der Waals surface area contributed by atoms with E-state index >= 15 is 0 Å². The predicted octanol–water partition coefficient (Wildman–Crippen LogP) is 3.59. The molecule has 3 aromatic rings. The molecule has 0 unspecified atom stereocenters. The lowest BCUT2D eigenvalue weighted by Crippen LogP contribution is -2.24. The van der Waals surface area contributed by atoms with Crippen LogP contribution in [0, 0.1) is 13.8 Å². The highest BCUT2D eigenvalue weighted by Crippen LogP contribution is 2.24. The molecule has 1 N–H and O–H groups in total. The Bertz CT molecular complexity index is 1020. The third kappa shape index (κ3) is 4.01. The Kier molecular flexibility index (Phi) is 5.99. The Labute approximate surface area is 171 Å². The number of nitrogens with one attached hydrogen (secondary N) is 1. The summed E-state index contributed by atoms with van der Waals surface area (Å²) in [6, 6.07) is 11.3. The number of hydrogen-bond acceptors (Lipinski definition) is 5. The number of methoxy groups -OCH3 is 2. The van der Waals surface area contributed by atoms with Gasteiger partial charge in [-0.2, -0.15) is 0 Å². The van der Waals surface area contributed by atoms with Crippen molar-refractivity contribution in [2.75, 3.05) is 14.2 Å². The lowest BCUT2D eigenvalue weighted by molar-refractivity contribution is 0.0945. The molecule has 1 aromatic heterocycles. The maximum atomic E-state index is 12.6. The number of benzene rings is 2. The molecule has 0 radical (unpaired) electrons. The molecular formula is C20H21BrN4O3. The number of aryl methyl sites for hydroxylation is 1. The van der Waals surface area contributed by atoms with Crippen LogP contribution in [0.25, 0.3) is 5.69 Å². The minimum Gasteiger partial charge on any atom is -0.497 e. The van der Waals surface area contributed by atoms with E-state index in [1.165, 1.54) is 0 Å². The molecule has 0 aliphatic heterocycles. The summed E-state index contributed by atoms with van der Waals surface area (Å²) in [4.78, 5) is 12.6. The Balaban J connectivity index is 1.77. The Morgan fingerprint density at radius 2 is 1.93 bits per heavy atom. The number of nitrogens with zero attached hydrogens (tertiary/aromatic N) is 3. The van der Waals surface area contributed by atoms with Crippen molar-refractivity contribution in [3.8, 4) is 17.2 Å². The van der Waals surface area contributed by atoms with E-state index in [0.29, 0.717) is 23.7 Å². The van der Waals surface area contributed by atoms with Crippen molar-refractivity contribution >= 4 is 21.8 Å². The number of hydrogen-bond donors (Lipinski definition) is 1. The highest BCUT2D eigenvalue weighted by atomic mass is 79.9. The van der Waals surface area contributed by atoms with E-state index in [-0.39, 0.29) is 11.6 Å². The zero-order valence-corrected chi connectivity index (χ0v) is 17.7. The van der Waals surface area contributed by atoms with E-state index in [0.717, 1.165) is 21.3 Å². The second kappa shape index (κ2) is 8.43. The van der Waals surface area contributed by atoms with Gasteiger partial charge in [-0.15, -0.1) is 5.10 Å². The van der Waals surface area contributed by atoms with Gasteiger partial charge in [0.1, 0.15) is 11.5 Å². The monoisotopic (exact) mass is 444 g/mol. The maximum Gasteiger partial charge on any atom is 0.274 e. The van der Waals surface area contributed by atoms with Gasteiger partial charge in [0.05, 0.1) is 25.6 Å². The van der Waals surface area contributed by atoms with E-state index in [1.54, 1.807) is 25.0 Å². The van der Waals surface area contributed by atoms with Crippen molar-refractivity contribution in [1.82, 2.24) is 20.3 Å². The number of rotatable bonds is 6. The minimum absolute atomic E-state index is 0.285. The van der Waals surface area contributed by atoms with Crippen molar-refractivity contribution in [2.45, 2.75) is 20.4 Å². The van der Waals surface area contributed by atoms with Crippen LogP contribution in [0.15, 0.2) is 40.9 Å². The molecule has 0 atom stereocenters. The van der Waals surface area contributed by atoms with Crippen LogP contribution in [0.1, 0.15) is 27.3 Å². The maximum absolute atomic E-state index is 12.6. The van der Waals surface area contributed by atoms with Crippen LogP contribution in [0.3, 0.4) is 0 Å². The summed E-state index contributed by atoms with van der Waals surface area (Å²) in [5.41, 5.74) is 3.71. The standard InChI is InChI=1S/C20H21BrN4O3/c1-12-9-15(6-8-17(12)21)25-13(2)19(23-24-25)20(26)22-11-14-5-7-16(27-3)10-18(14)28-4/h5-10H,11H2,1-4H3,(H,22,26). The molecular weight excluding hydrogens is 424 g/mol. The second-order valence-electron chi connectivity index (χ2n) is 6.23. The summed E-state index contributed by atoms with van der Waals surface area (Å²) in [7, 11) is 3.17. The summed E-state index contributed by atoms with van der Waals surface area (Å²) in [6.45, 7) is 4.12. The normalized spacial score (nSPS) is 10.6. The fourth-order valence-electron chi connectivity index (χ4n) is 2.80. The highest BCUT2D eigenvalue weighted by molar-refractivity contribution is 9.10. The van der Waals surface area contributed by atoms with Crippen LogP contribution in [-0.2, 0) is 6.54 Å². The molecule has 28 heavy (non-hydrogen) atoms. The predicted molar refractivity (Wildman–Crippen MR) is 109 cm³/mol. The molecule has 146 valence electrons. The number of carbonyl (C=O) groups excluding carboxylic acids is 1. The molecule has 0 fully saturated rings. The summed E-state index contributed by atoms with van der Waals surface area (Å²) in [6.07, 6.45) is 0. The number of halogens is 1. The molecule has 0 spiro atoms. The number of carbonyl (C=O) groups is 1. The first-order chi connectivity index (χ1) is 13.4. The highest BCUT2D eigenvalue weighted by Gasteiger charge is 2.18. The third-order valence-electron chi connectivity index (χ3n) is 4.43. The van der Waals surface area contributed by atoms with Crippen LogP contribution < -0.4 is 14.8 Å². The smallest absolute Gasteiger partial charge is 0.274 e. The van der Waals surface area contributed by atoms with Crippen molar-refractivity contribution < 1.29 is 14.3 Å². The van der Waals surface area contributed by atoms with Crippen LogP contribution >= 0.6 is 15.9 Å². The zero-order chi connectivity index (χ0) is 20.3. The largest absolute Gasteiger partial charge is 0.497 e. The number of amides is 1. The van der Waals surface area contributed by atoms with E-state index < -0.39 is 0 Å². The molecule has 0 bridgehead atoms. The lowest BCUT2D eigenvalue weighted by Gasteiger charge is -2.11. The van der Waals surface area contributed by atoms with Crippen molar-refractivity contribution in [2.24, 2.45) is 0 Å². The van der Waals surface area contributed by atoms with Crippen molar-refractivity contribution in [3.63, 3.8) is 0 Å². The lowest BCUT2D eigenvalue weighted by atomic mass is 10.2. The molecule has 8 heteroatoms. The van der Waals surface area contributed by atoms with Crippen LogP contribution in [0.2, 0.25) is 0 Å². The van der Waals surface area contributed by atoms with Gasteiger partial charge >= 0.3 is 0 Å². The van der Waals surface area contributed by atoms with Gasteiger partial charge in [0.2, 0.25) is 0 Å². The third-order valence-corrected chi connectivity index (χ3v) is 5.32. The first kappa shape index (κ1) is 19.9. The SMILES string of the molecule is COc1ccc(CNC(=O)c2nnn(-c3ccc(Br)c(C)c3)c2C)c(OC)c1. The van der Waals surface area contributed by atoms with Gasteiger partial charge in [-0.3, -0.25) is 4.79 Å². The van der Waals surface area contributed by atoms with Gasteiger partial charge in [-0.25, -0.2) is 4.68 Å². The fraction of sp³-hybridized carbons (Fsp3) is 0.250. The molecule has 0 saturated heterocycles. The Morgan fingerprint density at radius 1 is 1.14 bits per heavy atom. The molecule has 0 aliphatic carbocycles. The van der Waals surface area contributed by atoms with E-state index in [1.807, 2.05) is 44.2 Å². The fourth-order valence-corrected chi connectivity index (χ4v) is 3.05. The molecule has 1 amide bonds. The van der Waals surface area contributed by atoms with E-state index in [9.17, 15) is 4.79 Å². The average Bonchev–Trinajstić information content (AvgIpc) is 3.09. The first-order valence-electron chi connectivity index (χ1n) is 8.62. The first-order valence-corrected chi connectivity index (χ1v) is 9.41. The molecule has 2 aromatic carbocycles. The second-order valence-corrected chi connectivity index (χ2v) is 7.08. The molecule has 0 aliphatic rings. The summed E-state index contributed by atoms with van der Waals surface area (Å²) >= 11 is 3.48. The van der Waals surface area contributed by atoms with Gasteiger partial charge in [-0.05, 0) is 49.7 Å². The molecule has 0 saturated carbocycles. The quantitative estimate of drug-likeness (QED) is 0.628. The van der Waals surface area contributed by atoms with Crippen molar-refractivity contribution in [1.29, 1.82) is 0 Å². The van der Waals surface area contributed by atoms with E-state index in [4.69, 9.17) is 9.47 Å². The van der Waals surface area contributed by atoms with Crippen LogP contribution in [0.5, 0.6) is 11.5 Å².